The maximum Gasteiger partial charge on any atom is 0.227 e. The summed E-state index contributed by atoms with van der Waals surface area (Å²) in [5, 5.41) is 3.41. The maximum atomic E-state index is 5.64. The third-order valence-corrected chi connectivity index (χ3v) is 3.92. The molecule has 1 aromatic rings. The van der Waals surface area contributed by atoms with Crippen molar-refractivity contribution in [2.24, 2.45) is 0 Å². The molecular weight excluding hydrogens is 228 g/mol. The number of hydrogen-bond acceptors (Lipinski definition) is 6. The van der Waals surface area contributed by atoms with Gasteiger partial charge in [0, 0.05) is 18.6 Å². The quantitative estimate of drug-likeness (QED) is 0.806. The summed E-state index contributed by atoms with van der Waals surface area (Å²) in [5.41, 5.74) is 5.64. The number of piperidine rings is 1. The van der Waals surface area contributed by atoms with Crippen molar-refractivity contribution >= 4 is 11.9 Å². The summed E-state index contributed by atoms with van der Waals surface area (Å²) in [6.07, 6.45) is 5.01. The molecule has 0 radical (unpaired) electrons. The molecule has 2 fully saturated rings. The topological polar surface area (TPSA) is 80.0 Å². The number of rotatable bonds is 2. The molecule has 2 aliphatic heterocycles. The van der Waals surface area contributed by atoms with Crippen LogP contribution in [0.4, 0.5) is 11.9 Å². The SMILES string of the molecule is Cc1nc(N)nc(NC2CCN3CCCC3C2)n1. The number of hydrogen-bond donors (Lipinski definition) is 2. The molecule has 0 spiro atoms. The minimum Gasteiger partial charge on any atom is -0.368 e. The molecule has 3 rings (SSSR count). The van der Waals surface area contributed by atoms with Gasteiger partial charge in [-0.2, -0.15) is 15.0 Å². The Labute approximate surface area is 107 Å². The van der Waals surface area contributed by atoms with Gasteiger partial charge >= 0.3 is 0 Å². The highest BCUT2D eigenvalue weighted by Gasteiger charge is 2.31. The monoisotopic (exact) mass is 248 g/mol. The van der Waals surface area contributed by atoms with Crippen LogP contribution >= 0.6 is 0 Å². The predicted molar refractivity (Wildman–Crippen MR) is 70.2 cm³/mol. The van der Waals surface area contributed by atoms with Crippen LogP contribution in [0.1, 0.15) is 31.5 Å². The van der Waals surface area contributed by atoms with Gasteiger partial charge in [-0.1, -0.05) is 0 Å². The van der Waals surface area contributed by atoms with Crippen molar-refractivity contribution in [3.05, 3.63) is 5.82 Å². The van der Waals surface area contributed by atoms with E-state index in [9.17, 15) is 0 Å². The highest BCUT2D eigenvalue weighted by Crippen LogP contribution is 2.27. The maximum absolute atomic E-state index is 5.64. The first-order valence-electron chi connectivity index (χ1n) is 6.69. The van der Waals surface area contributed by atoms with E-state index in [4.69, 9.17) is 5.73 Å². The summed E-state index contributed by atoms with van der Waals surface area (Å²) in [6.45, 7) is 4.29. The molecule has 6 nitrogen and oxygen atoms in total. The van der Waals surface area contributed by atoms with Crippen LogP contribution in [0, 0.1) is 6.92 Å². The molecule has 1 aromatic heterocycles. The van der Waals surface area contributed by atoms with Crippen molar-refractivity contribution in [3.63, 3.8) is 0 Å². The van der Waals surface area contributed by atoms with Gasteiger partial charge in [-0.25, -0.2) is 0 Å². The second-order valence-electron chi connectivity index (χ2n) is 5.26. The molecule has 3 N–H and O–H groups in total. The number of fused-ring (bicyclic) bond motifs is 1. The van der Waals surface area contributed by atoms with Gasteiger partial charge in [0.15, 0.2) is 0 Å². The number of anilines is 2. The number of nitrogens with one attached hydrogen (secondary N) is 1. The minimum absolute atomic E-state index is 0.295. The largest absolute Gasteiger partial charge is 0.368 e. The van der Waals surface area contributed by atoms with Gasteiger partial charge in [0.1, 0.15) is 5.82 Å². The first-order chi connectivity index (χ1) is 8.70. The molecule has 2 unspecified atom stereocenters. The lowest BCUT2D eigenvalue weighted by Crippen LogP contribution is -2.43. The third-order valence-electron chi connectivity index (χ3n) is 3.92. The fourth-order valence-corrected chi connectivity index (χ4v) is 3.11. The van der Waals surface area contributed by atoms with Crippen molar-refractivity contribution < 1.29 is 0 Å². The summed E-state index contributed by atoms with van der Waals surface area (Å²) in [6, 6.07) is 1.21. The molecule has 0 amide bonds. The number of nitrogens with two attached hydrogens (primary N) is 1. The third kappa shape index (κ3) is 2.38. The summed E-state index contributed by atoms with van der Waals surface area (Å²) < 4.78 is 0. The zero-order valence-corrected chi connectivity index (χ0v) is 10.8. The van der Waals surface area contributed by atoms with Gasteiger partial charge < -0.3 is 16.0 Å². The van der Waals surface area contributed by atoms with E-state index in [0.717, 1.165) is 12.5 Å². The molecule has 98 valence electrons. The summed E-state index contributed by atoms with van der Waals surface area (Å²) in [7, 11) is 0. The Bertz CT molecular complexity index is 414. The van der Waals surface area contributed by atoms with E-state index in [0.29, 0.717) is 23.8 Å². The molecule has 0 bridgehead atoms. The minimum atomic E-state index is 0.295. The van der Waals surface area contributed by atoms with Crippen LogP contribution in [-0.4, -0.2) is 45.0 Å². The van der Waals surface area contributed by atoms with Crippen molar-refractivity contribution in [2.75, 3.05) is 24.1 Å². The van der Waals surface area contributed by atoms with Gasteiger partial charge in [-0.15, -0.1) is 0 Å². The fraction of sp³-hybridized carbons (Fsp3) is 0.750. The van der Waals surface area contributed by atoms with E-state index in [2.05, 4.69) is 25.2 Å². The second kappa shape index (κ2) is 4.68. The Hall–Kier alpha value is -1.43. The lowest BCUT2D eigenvalue weighted by atomic mass is 9.98. The molecule has 0 saturated carbocycles. The molecule has 6 heteroatoms. The lowest BCUT2D eigenvalue weighted by Gasteiger charge is -2.35. The fourth-order valence-electron chi connectivity index (χ4n) is 3.11. The van der Waals surface area contributed by atoms with E-state index < -0.39 is 0 Å². The molecule has 3 heterocycles. The van der Waals surface area contributed by atoms with Crippen LogP contribution in [0.25, 0.3) is 0 Å². The highest BCUT2D eigenvalue weighted by atomic mass is 15.2. The van der Waals surface area contributed by atoms with Gasteiger partial charge in [0.25, 0.3) is 0 Å². The van der Waals surface area contributed by atoms with Crippen LogP contribution in [-0.2, 0) is 0 Å². The molecule has 2 atom stereocenters. The normalized spacial score (nSPS) is 28.1. The molecule has 2 aliphatic rings. The van der Waals surface area contributed by atoms with Gasteiger partial charge in [0.2, 0.25) is 11.9 Å². The summed E-state index contributed by atoms with van der Waals surface area (Å²) in [5.74, 6) is 1.59. The standard InChI is InChI=1S/C12H20N6/c1-8-14-11(13)17-12(15-8)16-9-4-6-18-5-2-3-10(18)7-9/h9-10H,2-7H2,1H3,(H3,13,14,15,16,17). The smallest absolute Gasteiger partial charge is 0.227 e. The van der Waals surface area contributed by atoms with Crippen molar-refractivity contribution in [3.8, 4) is 0 Å². The first-order valence-corrected chi connectivity index (χ1v) is 6.69. The van der Waals surface area contributed by atoms with Gasteiger partial charge in [0.05, 0.1) is 0 Å². The van der Waals surface area contributed by atoms with E-state index in [1.165, 1.54) is 32.4 Å². The van der Waals surface area contributed by atoms with Crippen LogP contribution in [0.5, 0.6) is 0 Å². The second-order valence-corrected chi connectivity index (χ2v) is 5.26. The van der Waals surface area contributed by atoms with E-state index >= 15 is 0 Å². The average molecular weight is 248 g/mol. The number of aryl methyl sites for hydroxylation is 1. The van der Waals surface area contributed by atoms with Crippen LogP contribution in [0.15, 0.2) is 0 Å². The van der Waals surface area contributed by atoms with Gasteiger partial charge in [-0.3, -0.25) is 0 Å². The Balaban J connectivity index is 1.65. The van der Waals surface area contributed by atoms with Crippen molar-refractivity contribution in [1.82, 2.24) is 19.9 Å². The van der Waals surface area contributed by atoms with Crippen LogP contribution in [0.2, 0.25) is 0 Å². The lowest BCUT2D eigenvalue weighted by molar-refractivity contribution is 0.188. The Morgan fingerprint density at radius 2 is 2.11 bits per heavy atom. The van der Waals surface area contributed by atoms with Gasteiger partial charge in [-0.05, 0) is 39.2 Å². The highest BCUT2D eigenvalue weighted by molar-refractivity contribution is 5.32. The predicted octanol–water partition coefficient (Wildman–Crippen LogP) is 0.801. The number of nitrogens with zero attached hydrogens (tertiary/aromatic N) is 4. The molecule has 18 heavy (non-hydrogen) atoms. The Morgan fingerprint density at radius 3 is 2.94 bits per heavy atom. The molecular formula is C12H20N6. The summed E-state index contributed by atoms with van der Waals surface area (Å²) >= 11 is 0. The van der Waals surface area contributed by atoms with E-state index in [1.54, 1.807) is 0 Å². The van der Waals surface area contributed by atoms with E-state index in [1.807, 2.05) is 6.92 Å². The van der Waals surface area contributed by atoms with Crippen LogP contribution < -0.4 is 11.1 Å². The molecule has 0 aliphatic carbocycles. The number of nitrogen functional groups attached to an aromatic ring is 1. The van der Waals surface area contributed by atoms with E-state index in [-0.39, 0.29) is 0 Å². The Kier molecular flexibility index (Phi) is 3.03. The average Bonchev–Trinajstić information content (AvgIpc) is 2.74. The molecule has 0 aromatic carbocycles. The first kappa shape index (κ1) is 11.6. The number of aromatic nitrogens is 3. The Morgan fingerprint density at radius 1 is 1.22 bits per heavy atom. The van der Waals surface area contributed by atoms with Crippen molar-refractivity contribution in [2.45, 2.75) is 44.7 Å². The zero-order valence-electron chi connectivity index (χ0n) is 10.8. The molecule has 2 saturated heterocycles. The van der Waals surface area contributed by atoms with Crippen molar-refractivity contribution in [1.29, 1.82) is 0 Å². The summed E-state index contributed by atoms with van der Waals surface area (Å²) in [4.78, 5) is 15.0. The van der Waals surface area contributed by atoms with Crippen LogP contribution in [0.3, 0.4) is 0 Å². The zero-order chi connectivity index (χ0) is 12.5.